The van der Waals surface area contributed by atoms with Crippen molar-refractivity contribution in [3.05, 3.63) is 23.0 Å². The Hall–Kier alpha value is -1.49. The van der Waals surface area contributed by atoms with Crippen molar-refractivity contribution < 1.29 is 4.74 Å². The molecule has 0 saturated heterocycles. The van der Waals surface area contributed by atoms with Gasteiger partial charge in [-0.1, -0.05) is 11.3 Å². The summed E-state index contributed by atoms with van der Waals surface area (Å²) in [6.45, 7) is 0. The summed E-state index contributed by atoms with van der Waals surface area (Å²) >= 11 is 1.56. The number of nitrogens with zero attached hydrogens (tertiary/aromatic N) is 2. The summed E-state index contributed by atoms with van der Waals surface area (Å²) in [4.78, 5) is 0.799. The van der Waals surface area contributed by atoms with E-state index in [9.17, 15) is 0 Å². The third-order valence-corrected chi connectivity index (χ3v) is 3.25. The van der Waals surface area contributed by atoms with E-state index in [4.69, 9.17) is 10.6 Å². The molecule has 0 aliphatic rings. The highest BCUT2D eigenvalue weighted by Crippen LogP contribution is 2.21. The molecule has 0 radical (unpaired) electrons. The van der Waals surface area contributed by atoms with Crippen LogP contribution in [0.15, 0.2) is 23.3 Å². The molecule has 14 heavy (non-hydrogen) atoms. The first-order chi connectivity index (χ1) is 6.76. The molecule has 74 valence electrons. The highest BCUT2D eigenvalue weighted by atomic mass is 32.1. The molecular formula is C9H11N3OS. The first-order valence-electron chi connectivity index (χ1n) is 4.13. The van der Waals surface area contributed by atoms with Gasteiger partial charge in [-0.15, -0.1) is 0 Å². The zero-order valence-corrected chi connectivity index (χ0v) is 8.84. The molecule has 0 aliphatic carbocycles. The molecule has 1 aromatic carbocycles. The smallest absolute Gasteiger partial charge is 0.208 e. The molecule has 0 aliphatic heterocycles. The molecule has 2 N–H and O–H groups in total. The molecule has 0 fully saturated rings. The normalized spacial score (nSPS) is 12.3. The van der Waals surface area contributed by atoms with E-state index in [-0.39, 0.29) is 0 Å². The van der Waals surface area contributed by atoms with Crippen molar-refractivity contribution in [3.63, 3.8) is 0 Å². The maximum absolute atomic E-state index is 5.27. The summed E-state index contributed by atoms with van der Waals surface area (Å²) in [6.07, 6.45) is 0. The third kappa shape index (κ3) is 1.26. The van der Waals surface area contributed by atoms with Gasteiger partial charge in [0.1, 0.15) is 5.75 Å². The topological polar surface area (TPSA) is 52.5 Å². The summed E-state index contributed by atoms with van der Waals surface area (Å²) in [7, 11) is 3.59. The molecule has 0 spiro atoms. The second-order valence-electron chi connectivity index (χ2n) is 2.91. The highest BCUT2D eigenvalue weighted by molar-refractivity contribution is 7.16. The minimum atomic E-state index is 0.799. The van der Waals surface area contributed by atoms with Crippen molar-refractivity contribution in [2.24, 2.45) is 18.0 Å². The van der Waals surface area contributed by atoms with E-state index in [2.05, 4.69) is 5.10 Å². The Balaban J connectivity index is 2.81. The van der Waals surface area contributed by atoms with E-state index in [1.165, 1.54) is 0 Å². The Morgan fingerprint density at radius 2 is 2.29 bits per heavy atom. The van der Waals surface area contributed by atoms with Crippen molar-refractivity contribution in [1.29, 1.82) is 0 Å². The van der Waals surface area contributed by atoms with Crippen LogP contribution in [0.3, 0.4) is 0 Å². The van der Waals surface area contributed by atoms with Crippen LogP contribution in [0.5, 0.6) is 5.75 Å². The second-order valence-corrected chi connectivity index (χ2v) is 3.92. The van der Waals surface area contributed by atoms with Crippen molar-refractivity contribution in [3.8, 4) is 5.75 Å². The van der Waals surface area contributed by atoms with Gasteiger partial charge < -0.3 is 15.1 Å². The SMILES string of the molecule is COc1ccc2s/c(=N\N)n(C)c2c1. The molecule has 2 rings (SSSR count). The predicted octanol–water partition coefficient (Wildman–Crippen LogP) is 1.02. The lowest BCUT2D eigenvalue weighted by Gasteiger charge is -1.99. The standard InChI is InChI=1S/C9H11N3OS/c1-12-7-5-6(13-2)3-4-8(7)14-9(12)11-10/h3-5H,10H2,1-2H3/b11-9-. The molecule has 0 bridgehead atoms. The molecule has 1 aromatic heterocycles. The van der Waals surface area contributed by atoms with Gasteiger partial charge in [-0.3, -0.25) is 0 Å². The minimum Gasteiger partial charge on any atom is -0.497 e. The summed E-state index contributed by atoms with van der Waals surface area (Å²) in [5.41, 5.74) is 1.08. The minimum absolute atomic E-state index is 0.799. The number of nitrogens with two attached hydrogens (primary N) is 1. The molecule has 5 heteroatoms. The first-order valence-corrected chi connectivity index (χ1v) is 4.95. The average molecular weight is 209 g/mol. The van der Waals surface area contributed by atoms with Crippen molar-refractivity contribution in [2.75, 3.05) is 7.11 Å². The monoisotopic (exact) mass is 209 g/mol. The van der Waals surface area contributed by atoms with Gasteiger partial charge in [0.2, 0.25) is 4.80 Å². The fourth-order valence-corrected chi connectivity index (χ4v) is 2.28. The number of thiazole rings is 1. The number of hydrogen-bond donors (Lipinski definition) is 1. The van der Waals surface area contributed by atoms with E-state index in [1.807, 2.05) is 29.8 Å². The van der Waals surface area contributed by atoms with Gasteiger partial charge in [-0.05, 0) is 12.1 Å². The number of ether oxygens (including phenoxy) is 1. The summed E-state index contributed by atoms with van der Waals surface area (Å²) in [5, 5.41) is 3.70. The van der Waals surface area contributed by atoms with Gasteiger partial charge in [0.15, 0.2) is 0 Å². The Kier molecular flexibility index (Phi) is 2.17. The van der Waals surface area contributed by atoms with Crippen LogP contribution in [0.2, 0.25) is 0 Å². The molecule has 0 atom stereocenters. The summed E-state index contributed by atoms with van der Waals surface area (Å²) < 4.78 is 8.25. The lowest BCUT2D eigenvalue weighted by Crippen LogP contribution is -2.12. The van der Waals surface area contributed by atoms with Crippen LogP contribution in [0.4, 0.5) is 0 Å². The van der Waals surface area contributed by atoms with Crippen LogP contribution in [0, 0.1) is 0 Å². The van der Waals surface area contributed by atoms with E-state index in [0.717, 1.165) is 20.8 Å². The molecule has 0 saturated carbocycles. The number of aromatic nitrogens is 1. The highest BCUT2D eigenvalue weighted by Gasteiger charge is 2.03. The molecule has 0 unspecified atom stereocenters. The van der Waals surface area contributed by atoms with Crippen molar-refractivity contribution in [2.45, 2.75) is 0 Å². The van der Waals surface area contributed by atoms with E-state index in [1.54, 1.807) is 18.4 Å². The summed E-state index contributed by atoms with van der Waals surface area (Å²) in [6, 6.07) is 5.91. The molecule has 2 aromatic rings. The van der Waals surface area contributed by atoms with Gasteiger partial charge in [-0.25, -0.2) is 0 Å². The molecule has 0 amide bonds. The second kappa shape index (κ2) is 3.34. The lowest BCUT2D eigenvalue weighted by molar-refractivity contribution is 0.415. The van der Waals surface area contributed by atoms with E-state index in [0.29, 0.717) is 0 Å². The number of methoxy groups -OCH3 is 1. The molecule has 1 heterocycles. The number of fused-ring (bicyclic) bond motifs is 1. The fourth-order valence-electron chi connectivity index (χ4n) is 1.36. The maximum atomic E-state index is 5.27. The number of benzene rings is 1. The average Bonchev–Trinajstić information content (AvgIpc) is 2.55. The largest absolute Gasteiger partial charge is 0.497 e. The van der Waals surface area contributed by atoms with Gasteiger partial charge in [0.05, 0.1) is 17.3 Å². The Morgan fingerprint density at radius 3 is 2.93 bits per heavy atom. The third-order valence-electron chi connectivity index (χ3n) is 2.13. The van der Waals surface area contributed by atoms with Crippen molar-refractivity contribution >= 4 is 21.6 Å². The van der Waals surface area contributed by atoms with Gasteiger partial charge in [0.25, 0.3) is 0 Å². The number of aryl methyl sites for hydroxylation is 1. The van der Waals surface area contributed by atoms with E-state index < -0.39 is 0 Å². The lowest BCUT2D eigenvalue weighted by atomic mass is 10.3. The fraction of sp³-hybridized carbons (Fsp3) is 0.222. The van der Waals surface area contributed by atoms with Crippen LogP contribution in [0.25, 0.3) is 10.2 Å². The first kappa shape index (κ1) is 9.08. The van der Waals surface area contributed by atoms with Crippen LogP contribution in [-0.4, -0.2) is 11.7 Å². The van der Waals surface area contributed by atoms with E-state index >= 15 is 0 Å². The Bertz CT molecular complexity index is 526. The maximum Gasteiger partial charge on any atom is 0.208 e. The quantitative estimate of drug-likeness (QED) is 0.563. The van der Waals surface area contributed by atoms with Gasteiger partial charge in [0, 0.05) is 13.1 Å². The van der Waals surface area contributed by atoms with Crippen molar-refractivity contribution in [1.82, 2.24) is 4.57 Å². The number of hydrogen-bond acceptors (Lipinski definition) is 4. The van der Waals surface area contributed by atoms with Crippen LogP contribution < -0.4 is 15.4 Å². The predicted molar refractivity (Wildman–Crippen MR) is 57.1 cm³/mol. The Labute approximate surface area is 85.2 Å². The van der Waals surface area contributed by atoms with Crippen LogP contribution in [0.1, 0.15) is 0 Å². The van der Waals surface area contributed by atoms with Gasteiger partial charge >= 0.3 is 0 Å². The van der Waals surface area contributed by atoms with Crippen LogP contribution in [-0.2, 0) is 7.05 Å². The van der Waals surface area contributed by atoms with Gasteiger partial charge in [-0.2, -0.15) is 5.10 Å². The zero-order valence-electron chi connectivity index (χ0n) is 8.02. The zero-order chi connectivity index (χ0) is 10.1. The van der Waals surface area contributed by atoms with Crippen LogP contribution >= 0.6 is 11.3 Å². The molecular weight excluding hydrogens is 198 g/mol. The Morgan fingerprint density at radius 1 is 1.50 bits per heavy atom. The molecule has 4 nitrogen and oxygen atoms in total. The number of rotatable bonds is 1. The summed E-state index contributed by atoms with van der Waals surface area (Å²) in [5.74, 6) is 6.11.